The number of likely N-dealkylation sites (tertiary alicyclic amines) is 1. The van der Waals surface area contributed by atoms with Gasteiger partial charge >= 0.3 is 5.97 Å². The number of carbonyl (C=O) groups is 1. The van der Waals surface area contributed by atoms with Crippen LogP contribution in [0.4, 0.5) is 0 Å². The van der Waals surface area contributed by atoms with Crippen LogP contribution >= 0.6 is 0 Å². The number of aliphatic carboxylic acids is 1. The van der Waals surface area contributed by atoms with E-state index in [1.54, 1.807) is 6.33 Å². The fourth-order valence-corrected chi connectivity index (χ4v) is 4.93. The molecule has 2 heterocycles. The van der Waals surface area contributed by atoms with Crippen LogP contribution in [0.3, 0.4) is 0 Å². The van der Waals surface area contributed by atoms with Gasteiger partial charge in [-0.05, 0) is 43.6 Å². The van der Waals surface area contributed by atoms with Crippen molar-refractivity contribution >= 4 is 5.97 Å². The molecular weight excluding hydrogens is 328 g/mol. The first-order valence-electron chi connectivity index (χ1n) is 9.50. The molecule has 138 valence electrons. The van der Waals surface area contributed by atoms with Crippen LogP contribution in [-0.2, 0) is 17.9 Å². The highest BCUT2D eigenvalue weighted by Gasteiger charge is 2.54. The molecule has 1 saturated carbocycles. The average molecular weight is 354 g/mol. The molecule has 26 heavy (non-hydrogen) atoms. The molecule has 0 radical (unpaired) electrons. The van der Waals surface area contributed by atoms with Gasteiger partial charge in [-0.2, -0.15) is 5.10 Å². The number of benzene rings is 1. The Kier molecular flexibility index (Phi) is 4.53. The minimum absolute atomic E-state index is 0.192. The van der Waals surface area contributed by atoms with Crippen molar-refractivity contribution in [2.45, 2.75) is 45.2 Å². The highest BCUT2D eigenvalue weighted by atomic mass is 16.4. The van der Waals surface area contributed by atoms with Crippen molar-refractivity contribution in [3.63, 3.8) is 0 Å². The van der Waals surface area contributed by atoms with Crippen LogP contribution in [0.15, 0.2) is 36.7 Å². The third-order valence-electron chi connectivity index (χ3n) is 6.33. The first-order valence-corrected chi connectivity index (χ1v) is 9.50. The minimum atomic E-state index is -0.631. The van der Waals surface area contributed by atoms with Crippen molar-refractivity contribution < 1.29 is 9.90 Å². The van der Waals surface area contributed by atoms with Crippen LogP contribution in [-0.4, -0.2) is 43.8 Å². The Balaban J connectivity index is 1.53. The van der Waals surface area contributed by atoms with Gasteiger partial charge < -0.3 is 5.11 Å². The first kappa shape index (κ1) is 17.2. The van der Waals surface area contributed by atoms with Gasteiger partial charge in [-0.25, -0.2) is 9.67 Å². The number of carboxylic acid groups (broad SMARTS) is 1. The Hall–Kier alpha value is -2.21. The van der Waals surface area contributed by atoms with Crippen LogP contribution in [0.25, 0.3) is 0 Å². The summed E-state index contributed by atoms with van der Waals surface area (Å²) in [6.45, 7) is 4.95. The minimum Gasteiger partial charge on any atom is -0.481 e. The molecule has 1 aromatic carbocycles. The van der Waals surface area contributed by atoms with E-state index in [-0.39, 0.29) is 5.92 Å². The summed E-state index contributed by atoms with van der Waals surface area (Å²) < 4.78 is 1.89. The maximum Gasteiger partial charge on any atom is 0.311 e. The van der Waals surface area contributed by atoms with Crippen LogP contribution < -0.4 is 0 Å². The van der Waals surface area contributed by atoms with Gasteiger partial charge in [0.15, 0.2) is 0 Å². The predicted octanol–water partition coefficient (Wildman–Crippen LogP) is 2.77. The number of fused-ring (bicyclic) bond motifs is 1. The lowest BCUT2D eigenvalue weighted by atomic mass is 9.64. The summed E-state index contributed by atoms with van der Waals surface area (Å²) in [6, 6.07) is 10.5. The molecule has 2 aromatic rings. The Morgan fingerprint density at radius 3 is 2.88 bits per heavy atom. The van der Waals surface area contributed by atoms with Crippen molar-refractivity contribution in [1.29, 1.82) is 0 Å². The summed E-state index contributed by atoms with van der Waals surface area (Å²) in [6.07, 6.45) is 4.24. The quantitative estimate of drug-likeness (QED) is 0.894. The molecule has 0 amide bonds. The second-order valence-corrected chi connectivity index (χ2v) is 7.70. The third-order valence-corrected chi connectivity index (χ3v) is 6.33. The Labute approximate surface area is 153 Å². The smallest absolute Gasteiger partial charge is 0.311 e. The van der Waals surface area contributed by atoms with E-state index >= 15 is 0 Å². The molecule has 0 unspecified atom stereocenters. The van der Waals surface area contributed by atoms with Gasteiger partial charge in [-0.1, -0.05) is 30.3 Å². The molecule has 1 aliphatic heterocycles. The normalized spacial score (nSPS) is 28.8. The number of rotatable bonds is 5. The predicted molar refractivity (Wildman–Crippen MR) is 97.6 cm³/mol. The molecule has 2 fully saturated rings. The van der Waals surface area contributed by atoms with Crippen LogP contribution in [0, 0.1) is 11.3 Å². The average Bonchev–Trinajstić information content (AvgIpc) is 3.26. The molecular formula is C20H26N4O2. The van der Waals surface area contributed by atoms with E-state index in [4.69, 9.17) is 0 Å². The molecule has 1 aromatic heterocycles. The van der Waals surface area contributed by atoms with Crippen molar-refractivity contribution in [2.75, 3.05) is 13.1 Å². The van der Waals surface area contributed by atoms with E-state index in [2.05, 4.69) is 39.2 Å². The van der Waals surface area contributed by atoms with Crippen LogP contribution in [0.2, 0.25) is 0 Å². The molecule has 0 spiro atoms. The van der Waals surface area contributed by atoms with Gasteiger partial charge in [-0.3, -0.25) is 9.69 Å². The second-order valence-electron chi connectivity index (χ2n) is 7.70. The van der Waals surface area contributed by atoms with E-state index in [0.29, 0.717) is 19.0 Å². The third kappa shape index (κ3) is 2.92. The molecule has 1 saturated heterocycles. The zero-order chi connectivity index (χ0) is 18.1. The number of nitrogens with zero attached hydrogens (tertiary/aromatic N) is 4. The maximum atomic E-state index is 12.2. The summed E-state index contributed by atoms with van der Waals surface area (Å²) in [7, 11) is 0. The molecule has 2 aliphatic rings. The number of hydrogen-bond donors (Lipinski definition) is 1. The maximum absolute atomic E-state index is 12.2. The standard InChI is InChI=1S/C20H26N4O2/c1-2-24-18(21-14-22-24)12-23-11-17-10-16(15-6-4-3-5-7-15)8-9-20(17,13-23)19(25)26/h3-7,14,16-17H,2,8-13H2,1H3,(H,25,26)/t16-,17-,20-/m0/s1. The SMILES string of the molecule is CCn1ncnc1CN1C[C@@H]2C[C@@H](c3ccccc3)CC[C@]2(C(=O)O)C1. The van der Waals surface area contributed by atoms with E-state index in [1.165, 1.54) is 5.56 Å². The van der Waals surface area contributed by atoms with Crippen molar-refractivity contribution in [2.24, 2.45) is 11.3 Å². The lowest BCUT2D eigenvalue weighted by Crippen LogP contribution is -2.42. The first-order chi connectivity index (χ1) is 12.6. The zero-order valence-electron chi connectivity index (χ0n) is 15.2. The Morgan fingerprint density at radius 2 is 2.15 bits per heavy atom. The highest BCUT2D eigenvalue weighted by Crippen LogP contribution is 2.51. The van der Waals surface area contributed by atoms with Gasteiger partial charge in [0.2, 0.25) is 0 Å². The lowest BCUT2D eigenvalue weighted by molar-refractivity contribution is -0.152. The largest absolute Gasteiger partial charge is 0.481 e. The number of hydrogen-bond acceptors (Lipinski definition) is 4. The van der Waals surface area contributed by atoms with Gasteiger partial charge in [0.05, 0.1) is 12.0 Å². The van der Waals surface area contributed by atoms with E-state index < -0.39 is 11.4 Å². The fourth-order valence-electron chi connectivity index (χ4n) is 4.93. The summed E-state index contributed by atoms with van der Waals surface area (Å²) in [5.41, 5.74) is 0.734. The van der Waals surface area contributed by atoms with Gasteiger partial charge in [0.1, 0.15) is 12.2 Å². The van der Waals surface area contributed by atoms with Crippen molar-refractivity contribution in [3.05, 3.63) is 48.0 Å². The fraction of sp³-hybridized carbons (Fsp3) is 0.550. The zero-order valence-corrected chi connectivity index (χ0v) is 15.2. The Morgan fingerprint density at radius 1 is 1.35 bits per heavy atom. The lowest BCUT2D eigenvalue weighted by Gasteiger charge is -2.38. The molecule has 1 N–H and O–H groups in total. The van der Waals surface area contributed by atoms with Gasteiger partial charge in [0.25, 0.3) is 0 Å². The van der Waals surface area contributed by atoms with Crippen LogP contribution in [0.1, 0.15) is 43.5 Å². The van der Waals surface area contributed by atoms with E-state index in [0.717, 1.165) is 38.2 Å². The van der Waals surface area contributed by atoms with Gasteiger partial charge in [0, 0.05) is 19.6 Å². The number of aromatic nitrogens is 3. The highest BCUT2D eigenvalue weighted by molar-refractivity contribution is 5.76. The second kappa shape index (κ2) is 6.83. The summed E-state index contributed by atoms with van der Waals surface area (Å²) in [5.74, 6) is 0.949. The number of carboxylic acids is 1. The summed E-state index contributed by atoms with van der Waals surface area (Å²) in [5, 5.41) is 14.3. The van der Waals surface area contributed by atoms with Crippen molar-refractivity contribution in [1.82, 2.24) is 19.7 Å². The molecule has 3 atom stereocenters. The molecule has 6 heteroatoms. The van der Waals surface area contributed by atoms with Crippen LogP contribution in [0.5, 0.6) is 0 Å². The van der Waals surface area contributed by atoms with E-state index in [9.17, 15) is 9.90 Å². The molecule has 0 bridgehead atoms. The van der Waals surface area contributed by atoms with Gasteiger partial charge in [-0.15, -0.1) is 0 Å². The number of aryl methyl sites for hydroxylation is 1. The van der Waals surface area contributed by atoms with E-state index in [1.807, 2.05) is 17.7 Å². The van der Waals surface area contributed by atoms with Crippen molar-refractivity contribution in [3.8, 4) is 0 Å². The summed E-state index contributed by atoms with van der Waals surface area (Å²) >= 11 is 0. The monoisotopic (exact) mass is 354 g/mol. The Bertz CT molecular complexity index is 775. The molecule has 4 rings (SSSR count). The topological polar surface area (TPSA) is 71.2 Å². The summed E-state index contributed by atoms with van der Waals surface area (Å²) in [4.78, 5) is 18.8. The molecule has 1 aliphatic carbocycles. The molecule has 6 nitrogen and oxygen atoms in total.